The molecule has 0 aromatic heterocycles. The van der Waals surface area contributed by atoms with E-state index in [2.05, 4.69) is 15.9 Å². The molecule has 1 heterocycles. The van der Waals surface area contributed by atoms with Gasteiger partial charge in [-0.3, -0.25) is 9.59 Å². The van der Waals surface area contributed by atoms with E-state index < -0.39 is 0 Å². The Morgan fingerprint density at radius 3 is 2.52 bits per heavy atom. The van der Waals surface area contributed by atoms with Crippen molar-refractivity contribution in [1.29, 1.82) is 0 Å². The van der Waals surface area contributed by atoms with E-state index in [0.717, 1.165) is 15.6 Å². The summed E-state index contributed by atoms with van der Waals surface area (Å²) in [4.78, 5) is 26.4. The van der Waals surface area contributed by atoms with Gasteiger partial charge >= 0.3 is 5.97 Å². The van der Waals surface area contributed by atoms with E-state index in [1.165, 1.54) is 0 Å². The number of hydrogen-bond donors (Lipinski definition) is 0. The Morgan fingerprint density at radius 1 is 1.07 bits per heavy atom. The number of likely N-dealkylation sites (tertiary alicyclic amines) is 1. The zero-order valence-electron chi connectivity index (χ0n) is 15.0. The number of piperidine rings is 1. The summed E-state index contributed by atoms with van der Waals surface area (Å²) in [6, 6.07) is 17.5. The first-order chi connectivity index (χ1) is 13.1. The van der Waals surface area contributed by atoms with Crippen LogP contribution in [0.4, 0.5) is 0 Å². The number of carbonyl (C=O) groups is 2. The average Bonchev–Trinajstić information content (AvgIpc) is 2.71. The molecule has 140 valence electrons. The molecule has 1 amide bonds. The van der Waals surface area contributed by atoms with E-state index >= 15 is 0 Å². The standard InChI is InChI=1S/C22H22BrNO3/c23-20-8-4-7-18(15-20)16-27-22(26)19-11-13-24(14-12-19)21(25)10-9-17-5-2-1-3-6-17/h1-10,15,19H,11-14,16H2/b10-9+. The second-order valence-electron chi connectivity index (χ2n) is 6.58. The SMILES string of the molecule is O=C(OCc1cccc(Br)c1)C1CCN(C(=O)/C=C/c2ccccc2)CC1. The van der Waals surface area contributed by atoms with E-state index in [1.807, 2.05) is 60.7 Å². The maximum atomic E-state index is 12.3. The normalized spacial score (nSPS) is 15.1. The van der Waals surface area contributed by atoms with Crippen LogP contribution in [0.2, 0.25) is 0 Å². The zero-order chi connectivity index (χ0) is 19.1. The van der Waals surface area contributed by atoms with Crippen LogP contribution in [0, 0.1) is 5.92 Å². The number of esters is 1. The van der Waals surface area contributed by atoms with Gasteiger partial charge in [-0.05, 0) is 42.2 Å². The first kappa shape index (κ1) is 19.4. The molecule has 0 aliphatic carbocycles. The Labute approximate surface area is 168 Å². The number of benzene rings is 2. The van der Waals surface area contributed by atoms with Crippen molar-refractivity contribution in [3.8, 4) is 0 Å². The molecule has 1 aliphatic heterocycles. The van der Waals surface area contributed by atoms with Crippen molar-refractivity contribution in [2.45, 2.75) is 19.4 Å². The number of rotatable bonds is 5. The quantitative estimate of drug-likeness (QED) is 0.523. The van der Waals surface area contributed by atoms with Crippen molar-refractivity contribution in [2.24, 2.45) is 5.92 Å². The van der Waals surface area contributed by atoms with Crippen LogP contribution in [-0.4, -0.2) is 29.9 Å². The molecular weight excluding hydrogens is 406 g/mol. The molecule has 0 unspecified atom stereocenters. The largest absolute Gasteiger partial charge is 0.461 e. The molecule has 0 spiro atoms. The molecule has 1 saturated heterocycles. The number of halogens is 1. The lowest BCUT2D eigenvalue weighted by Gasteiger charge is -2.30. The van der Waals surface area contributed by atoms with Gasteiger partial charge in [-0.2, -0.15) is 0 Å². The fraction of sp³-hybridized carbons (Fsp3) is 0.273. The van der Waals surface area contributed by atoms with Crippen LogP contribution in [0.3, 0.4) is 0 Å². The Kier molecular flexibility index (Phi) is 6.82. The minimum Gasteiger partial charge on any atom is -0.461 e. The minimum absolute atomic E-state index is 0.0141. The summed E-state index contributed by atoms with van der Waals surface area (Å²) < 4.78 is 6.41. The lowest BCUT2D eigenvalue weighted by atomic mass is 9.97. The summed E-state index contributed by atoms with van der Waals surface area (Å²) in [5.74, 6) is -0.332. The summed E-state index contributed by atoms with van der Waals surface area (Å²) in [5, 5.41) is 0. The van der Waals surface area contributed by atoms with Crippen LogP contribution in [0.1, 0.15) is 24.0 Å². The molecule has 27 heavy (non-hydrogen) atoms. The van der Waals surface area contributed by atoms with Gasteiger partial charge in [0.15, 0.2) is 0 Å². The van der Waals surface area contributed by atoms with E-state index in [-0.39, 0.29) is 24.4 Å². The van der Waals surface area contributed by atoms with Crippen LogP contribution in [0.5, 0.6) is 0 Å². The molecule has 0 bridgehead atoms. The number of amides is 1. The number of carbonyl (C=O) groups excluding carboxylic acids is 2. The highest BCUT2D eigenvalue weighted by molar-refractivity contribution is 9.10. The van der Waals surface area contributed by atoms with Crippen LogP contribution in [0.15, 0.2) is 65.1 Å². The molecule has 0 atom stereocenters. The lowest BCUT2D eigenvalue weighted by molar-refractivity contribution is -0.152. The molecular formula is C22H22BrNO3. The van der Waals surface area contributed by atoms with Gasteiger partial charge in [0, 0.05) is 23.6 Å². The fourth-order valence-corrected chi connectivity index (χ4v) is 3.52. The summed E-state index contributed by atoms with van der Waals surface area (Å²) in [6.45, 7) is 1.43. The molecule has 0 radical (unpaired) electrons. The van der Waals surface area contributed by atoms with Gasteiger partial charge < -0.3 is 9.64 Å². The Bertz CT molecular complexity index is 811. The van der Waals surface area contributed by atoms with E-state index in [9.17, 15) is 9.59 Å². The molecule has 1 fully saturated rings. The van der Waals surface area contributed by atoms with Crippen LogP contribution < -0.4 is 0 Å². The third-order valence-electron chi connectivity index (χ3n) is 4.63. The summed E-state index contributed by atoms with van der Waals surface area (Å²) in [5.41, 5.74) is 1.95. The Morgan fingerprint density at radius 2 is 1.81 bits per heavy atom. The molecule has 0 N–H and O–H groups in total. The predicted molar refractivity (Wildman–Crippen MR) is 109 cm³/mol. The van der Waals surface area contributed by atoms with Crippen molar-refractivity contribution >= 4 is 33.9 Å². The maximum Gasteiger partial charge on any atom is 0.309 e. The van der Waals surface area contributed by atoms with Crippen molar-refractivity contribution < 1.29 is 14.3 Å². The molecule has 3 rings (SSSR count). The van der Waals surface area contributed by atoms with Crippen molar-refractivity contribution in [3.63, 3.8) is 0 Å². The van der Waals surface area contributed by atoms with Gasteiger partial charge in [0.1, 0.15) is 6.61 Å². The van der Waals surface area contributed by atoms with E-state index in [4.69, 9.17) is 4.74 Å². The fourth-order valence-electron chi connectivity index (χ4n) is 3.07. The maximum absolute atomic E-state index is 12.3. The number of ether oxygens (including phenoxy) is 1. The van der Waals surface area contributed by atoms with E-state index in [1.54, 1.807) is 11.0 Å². The first-order valence-electron chi connectivity index (χ1n) is 9.05. The summed E-state index contributed by atoms with van der Waals surface area (Å²) >= 11 is 3.41. The van der Waals surface area contributed by atoms with Gasteiger partial charge in [0.05, 0.1) is 5.92 Å². The lowest BCUT2D eigenvalue weighted by Crippen LogP contribution is -2.39. The monoisotopic (exact) mass is 427 g/mol. The highest BCUT2D eigenvalue weighted by atomic mass is 79.9. The summed E-state index contributed by atoms with van der Waals surface area (Å²) in [7, 11) is 0. The van der Waals surface area contributed by atoms with Crippen molar-refractivity contribution in [2.75, 3.05) is 13.1 Å². The Hall–Kier alpha value is -2.40. The molecule has 5 heteroatoms. The van der Waals surface area contributed by atoms with Crippen LogP contribution >= 0.6 is 15.9 Å². The second-order valence-corrected chi connectivity index (χ2v) is 7.50. The van der Waals surface area contributed by atoms with Gasteiger partial charge in [0.25, 0.3) is 0 Å². The van der Waals surface area contributed by atoms with Gasteiger partial charge in [-0.25, -0.2) is 0 Å². The minimum atomic E-state index is -0.179. The number of nitrogens with zero attached hydrogens (tertiary/aromatic N) is 1. The highest BCUT2D eigenvalue weighted by Crippen LogP contribution is 2.20. The van der Waals surface area contributed by atoms with Crippen molar-refractivity contribution in [3.05, 3.63) is 76.3 Å². The van der Waals surface area contributed by atoms with Crippen molar-refractivity contribution in [1.82, 2.24) is 4.90 Å². The number of hydrogen-bond acceptors (Lipinski definition) is 3. The van der Waals surface area contributed by atoms with Gasteiger partial charge in [0.2, 0.25) is 5.91 Å². The molecule has 2 aromatic carbocycles. The van der Waals surface area contributed by atoms with Gasteiger partial charge in [-0.15, -0.1) is 0 Å². The molecule has 1 aliphatic rings. The van der Waals surface area contributed by atoms with Gasteiger partial charge in [-0.1, -0.05) is 58.4 Å². The van der Waals surface area contributed by atoms with Crippen LogP contribution in [0.25, 0.3) is 6.08 Å². The first-order valence-corrected chi connectivity index (χ1v) is 9.84. The molecule has 0 saturated carbocycles. The smallest absolute Gasteiger partial charge is 0.309 e. The highest BCUT2D eigenvalue weighted by Gasteiger charge is 2.27. The average molecular weight is 428 g/mol. The molecule has 4 nitrogen and oxygen atoms in total. The third kappa shape index (κ3) is 5.79. The zero-order valence-corrected chi connectivity index (χ0v) is 16.6. The van der Waals surface area contributed by atoms with Crippen LogP contribution in [-0.2, 0) is 20.9 Å². The summed E-state index contributed by atoms with van der Waals surface area (Å²) in [6.07, 6.45) is 4.70. The topological polar surface area (TPSA) is 46.6 Å². The predicted octanol–water partition coefficient (Wildman–Crippen LogP) is 4.44. The Balaban J connectivity index is 1.44. The second kappa shape index (κ2) is 9.51. The molecule has 2 aromatic rings. The van der Waals surface area contributed by atoms with E-state index in [0.29, 0.717) is 25.9 Å². The third-order valence-corrected chi connectivity index (χ3v) is 5.12.